The number of H-pyrrole nitrogens is 1. The fourth-order valence-electron chi connectivity index (χ4n) is 4.76. The maximum Gasteiger partial charge on any atom is 0.270 e. The Bertz CT molecular complexity index is 1310. The molecule has 1 aliphatic heterocycles. The third kappa shape index (κ3) is 3.91. The maximum absolute atomic E-state index is 13.4. The Morgan fingerprint density at radius 2 is 1.91 bits per heavy atom. The van der Waals surface area contributed by atoms with Crippen molar-refractivity contribution in [2.45, 2.75) is 39.5 Å². The summed E-state index contributed by atoms with van der Waals surface area (Å²) in [6.45, 7) is 7.54. The number of rotatable bonds is 3. The van der Waals surface area contributed by atoms with Gasteiger partial charge in [-0.3, -0.25) is 4.79 Å². The molecular formula is C27H28N4O. The van der Waals surface area contributed by atoms with Crippen molar-refractivity contribution < 1.29 is 4.79 Å². The lowest BCUT2D eigenvalue weighted by molar-refractivity contribution is 0.0701. The highest BCUT2D eigenvalue weighted by atomic mass is 16.2. The van der Waals surface area contributed by atoms with Crippen LogP contribution in [-0.2, 0) is 0 Å². The highest BCUT2D eigenvalue weighted by molar-refractivity contribution is 5.98. The molecule has 5 heteroatoms. The predicted molar refractivity (Wildman–Crippen MR) is 128 cm³/mol. The third-order valence-corrected chi connectivity index (χ3v) is 6.37. The molecule has 5 nitrogen and oxygen atoms in total. The van der Waals surface area contributed by atoms with E-state index in [0.29, 0.717) is 12.2 Å². The van der Waals surface area contributed by atoms with Crippen LogP contribution in [0.25, 0.3) is 22.0 Å². The van der Waals surface area contributed by atoms with Gasteiger partial charge in [0.05, 0.1) is 5.69 Å². The van der Waals surface area contributed by atoms with Crippen molar-refractivity contribution in [3.63, 3.8) is 0 Å². The molecule has 3 heterocycles. The molecule has 32 heavy (non-hydrogen) atoms. The molecule has 5 rings (SSSR count). The van der Waals surface area contributed by atoms with E-state index in [1.165, 1.54) is 11.1 Å². The number of piperidine rings is 1. The molecule has 4 aromatic rings. The third-order valence-electron chi connectivity index (χ3n) is 6.37. The van der Waals surface area contributed by atoms with Gasteiger partial charge in [-0.15, -0.1) is 0 Å². The predicted octanol–water partition coefficient (Wildman–Crippen LogP) is 5.57. The minimum atomic E-state index is 0.0615. The van der Waals surface area contributed by atoms with E-state index >= 15 is 0 Å². The lowest BCUT2D eigenvalue weighted by atomic mass is 9.89. The van der Waals surface area contributed by atoms with E-state index in [4.69, 9.17) is 4.98 Å². The van der Waals surface area contributed by atoms with Crippen molar-refractivity contribution in [1.82, 2.24) is 19.9 Å². The van der Waals surface area contributed by atoms with Gasteiger partial charge >= 0.3 is 0 Å². The Morgan fingerprint density at radius 3 is 2.75 bits per heavy atom. The molecule has 1 atom stereocenters. The van der Waals surface area contributed by atoms with Crippen LogP contribution < -0.4 is 0 Å². The van der Waals surface area contributed by atoms with Crippen LogP contribution >= 0.6 is 0 Å². The first-order valence-corrected chi connectivity index (χ1v) is 11.3. The smallest absolute Gasteiger partial charge is 0.270 e. The Labute approximate surface area is 188 Å². The van der Waals surface area contributed by atoms with Gasteiger partial charge in [0.25, 0.3) is 5.91 Å². The summed E-state index contributed by atoms with van der Waals surface area (Å²) in [6.07, 6.45) is 3.92. The minimum Gasteiger partial charge on any atom is -0.351 e. The molecule has 1 saturated heterocycles. The SMILES string of the molecule is Cc1cccc(-c2cnc(C)nc2C2CCCN(C(=O)c3cc4cc(C)ccc4[nH]3)C2)c1. The van der Waals surface area contributed by atoms with Crippen molar-refractivity contribution >= 4 is 16.8 Å². The molecule has 1 unspecified atom stereocenters. The lowest BCUT2D eigenvalue weighted by Gasteiger charge is -2.33. The number of aromatic nitrogens is 3. The van der Waals surface area contributed by atoms with E-state index in [2.05, 4.69) is 60.2 Å². The maximum atomic E-state index is 13.4. The fourth-order valence-corrected chi connectivity index (χ4v) is 4.76. The summed E-state index contributed by atoms with van der Waals surface area (Å²) in [5, 5.41) is 1.08. The molecule has 0 saturated carbocycles. The van der Waals surface area contributed by atoms with Crippen LogP contribution in [0.5, 0.6) is 0 Å². The number of fused-ring (bicyclic) bond motifs is 1. The summed E-state index contributed by atoms with van der Waals surface area (Å²) in [6, 6.07) is 16.6. The van der Waals surface area contributed by atoms with Gasteiger partial charge in [-0.2, -0.15) is 0 Å². The Kier molecular flexibility index (Phi) is 5.25. The van der Waals surface area contributed by atoms with Gasteiger partial charge in [0.15, 0.2) is 0 Å². The Balaban J connectivity index is 1.45. The number of aromatic amines is 1. The second kappa shape index (κ2) is 8.23. The number of carbonyl (C=O) groups excluding carboxylic acids is 1. The molecule has 1 aliphatic rings. The largest absolute Gasteiger partial charge is 0.351 e. The van der Waals surface area contributed by atoms with Gasteiger partial charge < -0.3 is 9.88 Å². The molecule has 0 aliphatic carbocycles. The molecule has 1 N–H and O–H groups in total. The second-order valence-electron chi connectivity index (χ2n) is 8.95. The van der Waals surface area contributed by atoms with Crippen molar-refractivity contribution in [3.8, 4) is 11.1 Å². The molecule has 0 spiro atoms. The van der Waals surface area contributed by atoms with E-state index in [1.807, 2.05) is 30.2 Å². The topological polar surface area (TPSA) is 61.9 Å². The number of carbonyl (C=O) groups is 1. The van der Waals surface area contributed by atoms with E-state index in [9.17, 15) is 4.79 Å². The number of nitrogens with one attached hydrogen (secondary N) is 1. The van der Waals surface area contributed by atoms with Gasteiger partial charge in [0, 0.05) is 41.7 Å². The second-order valence-corrected chi connectivity index (χ2v) is 8.95. The number of benzene rings is 2. The fraction of sp³-hybridized carbons (Fsp3) is 0.296. The summed E-state index contributed by atoms with van der Waals surface area (Å²) < 4.78 is 0. The number of amides is 1. The van der Waals surface area contributed by atoms with E-state index in [0.717, 1.165) is 52.9 Å². The highest BCUT2D eigenvalue weighted by Crippen LogP contribution is 2.34. The summed E-state index contributed by atoms with van der Waals surface area (Å²) in [5.74, 6) is 1.02. The Morgan fingerprint density at radius 1 is 1.06 bits per heavy atom. The van der Waals surface area contributed by atoms with Crippen LogP contribution in [0.4, 0.5) is 0 Å². The molecule has 1 fully saturated rings. The van der Waals surface area contributed by atoms with Crippen LogP contribution in [0.15, 0.2) is 54.7 Å². The van der Waals surface area contributed by atoms with Crippen LogP contribution in [-0.4, -0.2) is 38.8 Å². The van der Waals surface area contributed by atoms with E-state index in [-0.39, 0.29) is 11.8 Å². The van der Waals surface area contributed by atoms with Gasteiger partial charge in [0.2, 0.25) is 0 Å². The number of hydrogen-bond acceptors (Lipinski definition) is 3. The van der Waals surface area contributed by atoms with Crippen molar-refractivity contribution in [3.05, 3.63) is 83.1 Å². The average molecular weight is 425 g/mol. The van der Waals surface area contributed by atoms with Gasteiger partial charge in [-0.1, -0.05) is 41.5 Å². The summed E-state index contributed by atoms with van der Waals surface area (Å²) in [5.41, 5.74) is 7.31. The molecule has 2 aromatic heterocycles. The van der Waals surface area contributed by atoms with Gasteiger partial charge in [0.1, 0.15) is 11.5 Å². The van der Waals surface area contributed by atoms with Crippen LogP contribution in [0, 0.1) is 20.8 Å². The summed E-state index contributed by atoms with van der Waals surface area (Å²) in [4.78, 5) is 28.0. The molecule has 0 bridgehead atoms. The minimum absolute atomic E-state index is 0.0615. The normalized spacial score (nSPS) is 16.5. The molecular weight excluding hydrogens is 396 g/mol. The van der Waals surface area contributed by atoms with Crippen molar-refractivity contribution in [1.29, 1.82) is 0 Å². The first-order chi connectivity index (χ1) is 15.5. The van der Waals surface area contributed by atoms with Crippen LogP contribution in [0.2, 0.25) is 0 Å². The number of likely N-dealkylation sites (tertiary alicyclic amines) is 1. The molecule has 2 aromatic carbocycles. The molecule has 0 radical (unpaired) electrons. The zero-order valence-electron chi connectivity index (χ0n) is 18.9. The Hall–Kier alpha value is -3.47. The van der Waals surface area contributed by atoms with Crippen LogP contribution in [0.3, 0.4) is 0 Å². The van der Waals surface area contributed by atoms with Crippen molar-refractivity contribution in [2.75, 3.05) is 13.1 Å². The highest BCUT2D eigenvalue weighted by Gasteiger charge is 2.29. The van der Waals surface area contributed by atoms with E-state index in [1.54, 1.807) is 0 Å². The quantitative estimate of drug-likeness (QED) is 0.468. The number of hydrogen-bond donors (Lipinski definition) is 1. The first-order valence-electron chi connectivity index (χ1n) is 11.3. The zero-order valence-corrected chi connectivity index (χ0v) is 18.9. The first kappa shape index (κ1) is 20.4. The molecule has 1 amide bonds. The monoisotopic (exact) mass is 424 g/mol. The lowest BCUT2D eigenvalue weighted by Crippen LogP contribution is -2.39. The number of aryl methyl sites for hydroxylation is 3. The van der Waals surface area contributed by atoms with E-state index < -0.39 is 0 Å². The summed E-state index contributed by atoms with van der Waals surface area (Å²) in [7, 11) is 0. The number of nitrogens with zero attached hydrogens (tertiary/aromatic N) is 3. The van der Waals surface area contributed by atoms with Gasteiger partial charge in [-0.05, 0) is 57.4 Å². The van der Waals surface area contributed by atoms with Gasteiger partial charge in [-0.25, -0.2) is 9.97 Å². The average Bonchev–Trinajstić information content (AvgIpc) is 3.22. The standard InChI is InChI=1S/C27H28N4O/c1-17-6-4-7-20(12-17)23-15-28-19(3)29-26(23)21-8-5-11-31(16-21)27(32)25-14-22-13-18(2)9-10-24(22)30-25/h4,6-7,9-10,12-15,21,30H,5,8,11,16H2,1-3H3. The van der Waals surface area contributed by atoms with Crippen molar-refractivity contribution in [2.24, 2.45) is 0 Å². The zero-order chi connectivity index (χ0) is 22.2. The van der Waals surface area contributed by atoms with Crippen LogP contribution in [0.1, 0.15) is 51.9 Å². The summed E-state index contributed by atoms with van der Waals surface area (Å²) >= 11 is 0. The molecule has 162 valence electrons.